The van der Waals surface area contributed by atoms with Crippen molar-refractivity contribution in [2.24, 2.45) is 0 Å². The molecule has 0 radical (unpaired) electrons. The molecule has 0 bridgehead atoms. The van der Waals surface area contributed by atoms with Crippen LogP contribution in [0.25, 0.3) is 0 Å². The molecular formula is C21H26N4O. The Labute approximate surface area is 155 Å². The van der Waals surface area contributed by atoms with Crippen molar-refractivity contribution in [1.82, 2.24) is 4.98 Å². The number of piperidine rings is 1. The van der Waals surface area contributed by atoms with Gasteiger partial charge in [-0.1, -0.05) is 0 Å². The molecule has 2 aliphatic heterocycles. The summed E-state index contributed by atoms with van der Waals surface area (Å²) in [5, 5.41) is 3.03. The molecule has 26 heavy (non-hydrogen) atoms. The summed E-state index contributed by atoms with van der Waals surface area (Å²) in [6.45, 7) is 4.20. The number of anilines is 3. The fourth-order valence-electron chi connectivity index (χ4n) is 3.86. The van der Waals surface area contributed by atoms with Crippen molar-refractivity contribution in [3.63, 3.8) is 0 Å². The minimum atomic E-state index is -0.0919. The Hall–Kier alpha value is -2.56. The van der Waals surface area contributed by atoms with Gasteiger partial charge in [-0.25, -0.2) is 4.98 Å². The lowest BCUT2D eigenvalue weighted by Gasteiger charge is -2.28. The Bertz CT molecular complexity index is 747. The monoisotopic (exact) mass is 350 g/mol. The third kappa shape index (κ3) is 3.66. The van der Waals surface area contributed by atoms with Gasteiger partial charge in [-0.15, -0.1) is 0 Å². The van der Waals surface area contributed by atoms with E-state index in [0.29, 0.717) is 5.56 Å². The summed E-state index contributed by atoms with van der Waals surface area (Å²) in [5.41, 5.74) is 2.71. The predicted octanol–water partition coefficient (Wildman–Crippen LogP) is 3.92. The number of nitrogens with zero attached hydrogens (tertiary/aromatic N) is 3. The summed E-state index contributed by atoms with van der Waals surface area (Å²) in [6, 6.07) is 11.9. The number of hydrogen-bond acceptors (Lipinski definition) is 4. The summed E-state index contributed by atoms with van der Waals surface area (Å²) in [6.07, 6.45) is 7.94. The van der Waals surface area contributed by atoms with E-state index in [-0.39, 0.29) is 5.91 Å². The summed E-state index contributed by atoms with van der Waals surface area (Å²) in [4.78, 5) is 21.9. The first kappa shape index (κ1) is 16.9. The van der Waals surface area contributed by atoms with Crippen molar-refractivity contribution in [3.8, 4) is 0 Å². The fourth-order valence-corrected chi connectivity index (χ4v) is 3.86. The Morgan fingerprint density at radius 1 is 0.846 bits per heavy atom. The molecule has 2 fully saturated rings. The highest BCUT2D eigenvalue weighted by Crippen LogP contribution is 2.25. The second kappa shape index (κ2) is 7.77. The standard InChI is InChI=1S/C21H26N4O/c26-21(19-7-6-12-22-20(19)25-15-4-5-16-25)23-17-8-10-18(11-9-17)24-13-2-1-3-14-24/h6-12H,1-5,13-16H2,(H,23,26). The normalized spacial score (nSPS) is 17.4. The van der Waals surface area contributed by atoms with Gasteiger partial charge >= 0.3 is 0 Å². The molecule has 1 N–H and O–H groups in total. The van der Waals surface area contributed by atoms with Gasteiger partial charge in [0.2, 0.25) is 0 Å². The van der Waals surface area contributed by atoms with Crippen LogP contribution in [0, 0.1) is 0 Å². The average molecular weight is 350 g/mol. The van der Waals surface area contributed by atoms with Gasteiger partial charge in [0.1, 0.15) is 5.82 Å². The lowest BCUT2D eigenvalue weighted by molar-refractivity contribution is 0.102. The average Bonchev–Trinajstić information content (AvgIpc) is 3.24. The number of rotatable bonds is 4. The van der Waals surface area contributed by atoms with E-state index >= 15 is 0 Å². The Balaban J connectivity index is 1.46. The molecule has 1 aromatic heterocycles. The first-order valence-electron chi connectivity index (χ1n) is 9.67. The van der Waals surface area contributed by atoms with Crippen molar-refractivity contribution in [2.45, 2.75) is 32.1 Å². The molecule has 0 saturated carbocycles. The van der Waals surface area contributed by atoms with Crippen LogP contribution in [0.3, 0.4) is 0 Å². The van der Waals surface area contributed by atoms with E-state index in [0.717, 1.165) is 50.5 Å². The number of pyridine rings is 1. The van der Waals surface area contributed by atoms with Crippen LogP contribution in [-0.2, 0) is 0 Å². The first-order chi connectivity index (χ1) is 12.8. The molecule has 2 aromatic rings. The number of aromatic nitrogens is 1. The van der Waals surface area contributed by atoms with Crippen molar-refractivity contribution >= 4 is 23.1 Å². The minimum Gasteiger partial charge on any atom is -0.372 e. The van der Waals surface area contributed by atoms with E-state index in [4.69, 9.17) is 0 Å². The molecule has 1 aromatic carbocycles. The summed E-state index contributed by atoms with van der Waals surface area (Å²) in [5.74, 6) is 0.707. The van der Waals surface area contributed by atoms with E-state index in [1.165, 1.54) is 24.9 Å². The van der Waals surface area contributed by atoms with E-state index in [1.807, 2.05) is 24.3 Å². The largest absolute Gasteiger partial charge is 0.372 e. The lowest BCUT2D eigenvalue weighted by Crippen LogP contribution is -2.29. The van der Waals surface area contributed by atoms with Gasteiger partial charge in [-0.2, -0.15) is 0 Å². The zero-order chi connectivity index (χ0) is 17.8. The van der Waals surface area contributed by atoms with Crippen LogP contribution in [0.2, 0.25) is 0 Å². The Kier molecular flexibility index (Phi) is 5.04. The predicted molar refractivity (Wildman–Crippen MR) is 106 cm³/mol. The molecule has 0 atom stereocenters. The van der Waals surface area contributed by atoms with Gasteiger partial charge in [0.25, 0.3) is 5.91 Å². The smallest absolute Gasteiger partial charge is 0.259 e. The maximum absolute atomic E-state index is 12.8. The summed E-state index contributed by atoms with van der Waals surface area (Å²) in [7, 11) is 0. The molecule has 0 aliphatic carbocycles. The van der Waals surface area contributed by atoms with Crippen LogP contribution in [0.1, 0.15) is 42.5 Å². The van der Waals surface area contributed by atoms with Gasteiger partial charge < -0.3 is 15.1 Å². The topological polar surface area (TPSA) is 48.5 Å². The number of carbonyl (C=O) groups is 1. The van der Waals surface area contributed by atoms with Crippen molar-refractivity contribution in [3.05, 3.63) is 48.2 Å². The highest BCUT2D eigenvalue weighted by molar-refractivity contribution is 6.07. The van der Waals surface area contributed by atoms with Gasteiger partial charge in [0, 0.05) is 43.8 Å². The van der Waals surface area contributed by atoms with E-state index < -0.39 is 0 Å². The van der Waals surface area contributed by atoms with Crippen molar-refractivity contribution in [2.75, 3.05) is 41.3 Å². The van der Waals surface area contributed by atoms with Crippen LogP contribution in [0.15, 0.2) is 42.6 Å². The van der Waals surface area contributed by atoms with E-state index in [2.05, 4.69) is 32.2 Å². The van der Waals surface area contributed by atoms with Crippen LogP contribution in [0.5, 0.6) is 0 Å². The lowest BCUT2D eigenvalue weighted by atomic mass is 10.1. The Morgan fingerprint density at radius 3 is 2.23 bits per heavy atom. The van der Waals surface area contributed by atoms with Crippen molar-refractivity contribution < 1.29 is 4.79 Å². The van der Waals surface area contributed by atoms with Crippen LogP contribution in [-0.4, -0.2) is 37.1 Å². The molecule has 4 rings (SSSR count). The molecule has 1 amide bonds. The number of nitrogens with one attached hydrogen (secondary N) is 1. The molecule has 0 spiro atoms. The van der Waals surface area contributed by atoms with Gasteiger partial charge in [0.05, 0.1) is 5.56 Å². The molecule has 5 nitrogen and oxygen atoms in total. The quantitative estimate of drug-likeness (QED) is 0.908. The van der Waals surface area contributed by atoms with Gasteiger partial charge in [-0.3, -0.25) is 4.79 Å². The second-order valence-corrected chi connectivity index (χ2v) is 7.12. The van der Waals surface area contributed by atoms with E-state index in [1.54, 1.807) is 6.20 Å². The van der Waals surface area contributed by atoms with Gasteiger partial charge in [-0.05, 0) is 68.5 Å². The molecule has 0 unspecified atom stereocenters. The fraction of sp³-hybridized carbons (Fsp3) is 0.429. The number of hydrogen-bond donors (Lipinski definition) is 1. The van der Waals surface area contributed by atoms with Crippen LogP contribution >= 0.6 is 0 Å². The first-order valence-corrected chi connectivity index (χ1v) is 9.67. The molecule has 136 valence electrons. The maximum atomic E-state index is 12.8. The third-order valence-electron chi connectivity index (χ3n) is 5.28. The van der Waals surface area contributed by atoms with Crippen LogP contribution in [0.4, 0.5) is 17.2 Å². The molecule has 2 saturated heterocycles. The molecule has 3 heterocycles. The zero-order valence-electron chi connectivity index (χ0n) is 15.2. The van der Waals surface area contributed by atoms with Crippen LogP contribution < -0.4 is 15.1 Å². The minimum absolute atomic E-state index is 0.0919. The number of amides is 1. The third-order valence-corrected chi connectivity index (χ3v) is 5.28. The maximum Gasteiger partial charge on any atom is 0.259 e. The van der Waals surface area contributed by atoms with E-state index in [9.17, 15) is 4.79 Å². The second-order valence-electron chi connectivity index (χ2n) is 7.12. The summed E-state index contributed by atoms with van der Waals surface area (Å²) < 4.78 is 0. The number of benzene rings is 1. The Morgan fingerprint density at radius 2 is 1.50 bits per heavy atom. The number of carbonyl (C=O) groups excluding carboxylic acids is 1. The highest BCUT2D eigenvalue weighted by atomic mass is 16.1. The molecular weight excluding hydrogens is 324 g/mol. The SMILES string of the molecule is O=C(Nc1ccc(N2CCCCC2)cc1)c1cccnc1N1CCCC1. The highest BCUT2D eigenvalue weighted by Gasteiger charge is 2.20. The molecule has 5 heteroatoms. The molecule has 2 aliphatic rings. The summed E-state index contributed by atoms with van der Waals surface area (Å²) >= 11 is 0. The zero-order valence-corrected chi connectivity index (χ0v) is 15.2. The van der Waals surface area contributed by atoms with Gasteiger partial charge in [0.15, 0.2) is 0 Å². The van der Waals surface area contributed by atoms with Crippen molar-refractivity contribution in [1.29, 1.82) is 0 Å².